The Kier molecular flexibility index (Phi) is 2.27. The van der Waals surface area contributed by atoms with Gasteiger partial charge in [0.2, 0.25) is 0 Å². The Hall–Kier alpha value is -0.570. The summed E-state index contributed by atoms with van der Waals surface area (Å²) in [6.45, 7) is 4.39. The Labute approximate surface area is 60.3 Å². The van der Waals surface area contributed by atoms with Crippen LogP contribution in [0.25, 0.3) is 0 Å². The van der Waals surface area contributed by atoms with E-state index in [2.05, 4.69) is 0 Å². The molecule has 58 valence electrons. The Morgan fingerprint density at radius 2 is 2.40 bits per heavy atom. The summed E-state index contributed by atoms with van der Waals surface area (Å²) in [7, 11) is 0. The van der Waals surface area contributed by atoms with Gasteiger partial charge in [0.15, 0.2) is 0 Å². The Bertz CT molecular complexity index is 121. The van der Waals surface area contributed by atoms with Crippen molar-refractivity contribution in [3.8, 4) is 0 Å². The van der Waals surface area contributed by atoms with Crippen molar-refractivity contribution in [2.24, 2.45) is 0 Å². The highest BCUT2D eigenvalue weighted by molar-refractivity contribution is 5.70. The molecule has 1 fully saturated rings. The number of rotatable bonds is 3. The summed E-state index contributed by atoms with van der Waals surface area (Å²) in [6.07, 6.45) is 0.551. The lowest BCUT2D eigenvalue weighted by Crippen LogP contribution is -2.12. The lowest BCUT2D eigenvalue weighted by Gasteiger charge is -2.05. The molecule has 0 saturated carbocycles. The molecule has 1 atom stereocenters. The molecule has 0 bridgehead atoms. The molecule has 1 rings (SSSR count). The third-order valence-electron chi connectivity index (χ3n) is 1.16. The van der Waals surface area contributed by atoms with Crippen molar-refractivity contribution in [1.82, 2.24) is 0 Å². The molecule has 0 aromatic carbocycles. The van der Waals surface area contributed by atoms with Crippen LogP contribution in [-0.2, 0) is 14.3 Å². The number of carbonyl (C=O) groups excluding carboxylic acids is 1. The molecule has 1 heterocycles. The normalized spacial score (nSPS) is 22.9. The first-order chi connectivity index (χ1) is 4.68. The minimum Gasteiger partial charge on any atom is -0.463 e. The fourth-order valence-electron chi connectivity index (χ4n) is 0.683. The van der Waals surface area contributed by atoms with Crippen molar-refractivity contribution in [2.75, 3.05) is 6.61 Å². The molecule has 0 aromatic heterocycles. The second-order valence-electron chi connectivity index (χ2n) is 2.70. The largest absolute Gasteiger partial charge is 0.463 e. The van der Waals surface area contributed by atoms with Crippen LogP contribution in [0.4, 0.5) is 0 Å². The molecule has 1 aliphatic heterocycles. The van der Waals surface area contributed by atoms with Crippen LogP contribution in [-0.4, -0.2) is 24.8 Å². The molecule has 0 spiro atoms. The van der Waals surface area contributed by atoms with E-state index in [4.69, 9.17) is 9.47 Å². The standard InChI is InChI=1S/C7H12O3/c1-5(2)10-7(8)3-6-4-9-6/h5-6H,3-4H2,1-2H3. The molecule has 0 aromatic rings. The maximum absolute atomic E-state index is 10.8. The highest BCUT2D eigenvalue weighted by Crippen LogP contribution is 2.14. The van der Waals surface area contributed by atoms with Gasteiger partial charge in [-0.2, -0.15) is 0 Å². The highest BCUT2D eigenvalue weighted by Gasteiger charge is 2.26. The highest BCUT2D eigenvalue weighted by atomic mass is 16.6. The fraction of sp³-hybridized carbons (Fsp3) is 0.857. The lowest BCUT2D eigenvalue weighted by atomic mass is 10.3. The number of hydrogen-bond donors (Lipinski definition) is 0. The van der Waals surface area contributed by atoms with Gasteiger partial charge in [-0.15, -0.1) is 0 Å². The van der Waals surface area contributed by atoms with Gasteiger partial charge in [0.05, 0.1) is 25.2 Å². The van der Waals surface area contributed by atoms with E-state index in [9.17, 15) is 4.79 Å². The third kappa shape index (κ3) is 2.82. The van der Waals surface area contributed by atoms with Crippen LogP contribution in [0.1, 0.15) is 20.3 Å². The average Bonchev–Trinajstić information content (AvgIpc) is 2.46. The summed E-state index contributed by atoms with van der Waals surface area (Å²) >= 11 is 0. The molecule has 10 heavy (non-hydrogen) atoms. The fourth-order valence-corrected chi connectivity index (χ4v) is 0.683. The van der Waals surface area contributed by atoms with E-state index in [1.807, 2.05) is 13.8 Å². The Balaban J connectivity index is 2.08. The van der Waals surface area contributed by atoms with Gasteiger partial charge in [-0.3, -0.25) is 4.79 Å². The first-order valence-electron chi connectivity index (χ1n) is 3.49. The molecule has 1 saturated heterocycles. The lowest BCUT2D eigenvalue weighted by molar-refractivity contribution is -0.147. The van der Waals surface area contributed by atoms with Gasteiger partial charge in [-0.25, -0.2) is 0 Å². The summed E-state index contributed by atoms with van der Waals surface area (Å²) in [6, 6.07) is 0. The van der Waals surface area contributed by atoms with Crippen LogP contribution in [0.3, 0.4) is 0 Å². The molecule has 0 amide bonds. The van der Waals surface area contributed by atoms with Crippen LogP contribution in [0.15, 0.2) is 0 Å². The van der Waals surface area contributed by atoms with E-state index < -0.39 is 0 Å². The Morgan fingerprint density at radius 1 is 1.80 bits per heavy atom. The second-order valence-corrected chi connectivity index (χ2v) is 2.70. The number of carbonyl (C=O) groups is 1. The second kappa shape index (κ2) is 3.01. The first kappa shape index (κ1) is 7.54. The number of hydrogen-bond acceptors (Lipinski definition) is 3. The van der Waals surface area contributed by atoms with Crippen molar-refractivity contribution in [1.29, 1.82) is 0 Å². The van der Waals surface area contributed by atoms with Crippen LogP contribution < -0.4 is 0 Å². The van der Waals surface area contributed by atoms with Gasteiger partial charge in [-0.05, 0) is 13.8 Å². The molecule has 3 nitrogen and oxygen atoms in total. The molecular weight excluding hydrogens is 132 g/mol. The van der Waals surface area contributed by atoms with Gasteiger partial charge >= 0.3 is 5.97 Å². The zero-order chi connectivity index (χ0) is 7.56. The number of ether oxygens (including phenoxy) is 2. The summed E-state index contributed by atoms with van der Waals surface area (Å²) in [4.78, 5) is 10.8. The molecular formula is C7H12O3. The van der Waals surface area contributed by atoms with Gasteiger partial charge in [0.25, 0.3) is 0 Å². The van der Waals surface area contributed by atoms with Crippen LogP contribution in [0, 0.1) is 0 Å². The SMILES string of the molecule is CC(C)OC(=O)CC1CO1. The summed E-state index contributed by atoms with van der Waals surface area (Å²) < 4.78 is 9.74. The topological polar surface area (TPSA) is 38.8 Å². The zero-order valence-electron chi connectivity index (χ0n) is 6.29. The minimum absolute atomic E-state index is 0.00810. The van der Waals surface area contributed by atoms with Crippen molar-refractivity contribution in [3.05, 3.63) is 0 Å². The van der Waals surface area contributed by atoms with E-state index in [0.717, 1.165) is 0 Å². The molecule has 3 heteroatoms. The minimum atomic E-state index is -0.155. The van der Waals surface area contributed by atoms with Crippen molar-refractivity contribution in [3.63, 3.8) is 0 Å². The van der Waals surface area contributed by atoms with Gasteiger partial charge in [-0.1, -0.05) is 0 Å². The molecule has 0 N–H and O–H groups in total. The molecule has 0 radical (unpaired) electrons. The zero-order valence-corrected chi connectivity index (χ0v) is 6.29. The van der Waals surface area contributed by atoms with Crippen LogP contribution in [0.2, 0.25) is 0 Å². The van der Waals surface area contributed by atoms with Crippen molar-refractivity contribution in [2.45, 2.75) is 32.5 Å². The van der Waals surface area contributed by atoms with E-state index in [0.29, 0.717) is 13.0 Å². The summed E-state index contributed by atoms with van der Waals surface area (Å²) in [5, 5.41) is 0. The quantitative estimate of drug-likeness (QED) is 0.433. The van der Waals surface area contributed by atoms with Gasteiger partial charge in [0.1, 0.15) is 0 Å². The molecule has 1 aliphatic rings. The molecule has 1 unspecified atom stereocenters. The van der Waals surface area contributed by atoms with E-state index in [-0.39, 0.29) is 18.2 Å². The summed E-state index contributed by atoms with van der Waals surface area (Å²) in [5.41, 5.74) is 0. The smallest absolute Gasteiger partial charge is 0.308 e. The average molecular weight is 144 g/mol. The predicted molar refractivity (Wildman–Crippen MR) is 35.6 cm³/mol. The monoisotopic (exact) mass is 144 g/mol. The number of esters is 1. The predicted octanol–water partition coefficient (Wildman–Crippen LogP) is 0.727. The van der Waals surface area contributed by atoms with Crippen molar-refractivity contribution < 1.29 is 14.3 Å². The number of epoxide rings is 1. The van der Waals surface area contributed by atoms with Gasteiger partial charge < -0.3 is 9.47 Å². The summed E-state index contributed by atoms with van der Waals surface area (Å²) in [5.74, 6) is -0.155. The third-order valence-corrected chi connectivity index (χ3v) is 1.16. The molecule has 0 aliphatic carbocycles. The maximum atomic E-state index is 10.8. The van der Waals surface area contributed by atoms with E-state index in [1.165, 1.54) is 0 Å². The van der Waals surface area contributed by atoms with E-state index in [1.54, 1.807) is 0 Å². The van der Waals surface area contributed by atoms with Crippen LogP contribution >= 0.6 is 0 Å². The van der Waals surface area contributed by atoms with Gasteiger partial charge in [0, 0.05) is 0 Å². The van der Waals surface area contributed by atoms with Crippen molar-refractivity contribution >= 4 is 5.97 Å². The van der Waals surface area contributed by atoms with Crippen LogP contribution in [0.5, 0.6) is 0 Å². The first-order valence-corrected chi connectivity index (χ1v) is 3.49. The van der Waals surface area contributed by atoms with E-state index >= 15 is 0 Å². The maximum Gasteiger partial charge on any atom is 0.308 e. The Morgan fingerprint density at radius 3 is 2.80 bits per heavy atom.